The van der Waals surface area contributed by atoms with Crippen LogP contribution in [0.3, 0.4) is 0 Å². The average molecular weight is 333 g/mol. The molecule has 0 saturated heterocycles. The van der Waals surface area contributed by atoms with Crippen molar-refractivity contribution in [3.8, 4) is 5.75 Å². The van der Waals surface area contributed by atoms with Gasteiger partial charge in [-0.25, -0.2) is 4.79 Å². The van der Waals surface area contributed by atoms with Crippen molar-refractivity contribution in [1.82, 2.24) is 5.32 Å². The zero-order chi connectivity index (χ0) is 17.7. The van der Waals surface area contributed by atoms with Crippen LogP contribution in [-0.2, 0) is 11.2 Å². The number of nitrogens with one attached hydrogen (secondary N) is 1. The molecule has 0 spiro atoms. The molecule has 0 bridgehead atoms. The van der Waals surface area contributed by atoms with Gasteiger partial charge < -0.3 is 20.7 Å². The van der Waals surface area contributed by atoms with Gasteiger partial charge in [0.2, 0.25) is 5.91 Å². The zero-order valence-electron chi connectivity index (χ0n) is 14.7. The molecule has 1 aliphatic heterocycles. The molecular weight excluding hydrogens is 306 g/mol. The van der Waals surface area contributed by atoms with Crippen molar-refractivity contribution < 1.29 is 14.3 Å². The molecule has 2 atom stereocenters. The number of rotatable bonds is 5. The minimum Gasteiger partial charge on any atom is -0.497 e. The molecule has 6 heteroatoms. The number of ether oxygens (including phenoxy) is 1. The molecule has 0 unspecified atom stereocenters. The van der Waals surface area contributed by atoms with Crippen LogP contribution in [0.4, 0.5) is 10.5 Å². The van der Waals surface area contributed by atoms with Crippen LogP contribution < -0.4 is 20.7 Å². The largest absolute Gasteiger partial charge is 0.497 e. The Balaban J connectivity index is 2.35. The zero-order valence-corrected chi connectivity index (χ0v) is 14.7. The lowest BCUT2D eigenvalue weighted by molar-refractivity contribution is -0.121. The molecule has 6 nitrogen and oxygen atoms in total. The van der Waals surface area contributed by atoms with Gasteiger partial charge in [0, 0.05) is 12.2 Å². The SMILES string of the molecule is CC[C@H](C)[C@@H](NC(N)=O)C(=O)N1CCCCc2cc(OC)ccc21. The summed E-state index contributed by atoms with van der Waals surface area (Å²) < 4.78 is 5.30. The van der Waals surface area contributed by atoms with Crippen LogP contribution in [0.25, 0.3) is 0 Å². The van der Waals surface area contributed by atoms with Gasteiger partial charge in [-0.3, -0.25) is 4.79 Å². The van der Waals surface area contributed by atoms with E-state index in [0.717, 1.165) is 42.7 Å². The third kappa shape index (κ3) is 3.99. The summed E-state index contributed by atoms with van der Waals surface area (Å²) in [5.74, 6) is 0.697. The predicted octanol–water partition coefficient (Wildman–Crippen LogP) is 2.45. The molecule has 2 rings (SSSR count). The number of hydrogen-bond donors (Lipinski definition) is 2. The highest BCUT2D eigenvalue weighted by Crippen LogP contribution is 2.31. The van der Waals surface area contributed by atoms with Crippen molar-refractivity contribution in [2.75, 3.05) is 18.6 Å². The van der Waals surface area contributed by atoms with E-state index in [1.807, 2.05) is 32.0 Å². The summed E-state index contributed by atoms with van der Waals surface area (Å²) in [5.41, 5.74) is 7.28. The number of carbonyl (C=O) groups is 2. The monoisotopic (exact) mass is 333 g/mol. The maximum absolute atomic E-state index is 13.1. The van der Waals surface area contributed by atoms with Gasteiger partial charge in [-0.05, 0) is 48.9 Å². The van der Waals surface area contributed by atoms with Crippen LogP contribution in [-0.4, -0.2) is 31.6 Å². The number of carbonyl (C=O) groups excluding carboxylic acids is 2. The van der Waals surface area contributed by atoms with E-state index in [1.165, 1.54) is 0 Å². The smallest absolute Gasteiger partial charge is 0.312 e. The summed E-state index contributed by atoms with van der Waals surface area (Å²) in [4.78, 5) is 26.3. The molecule has 1 aromatic carbocycles. The normalized spacial score (nSPS) is 16.5. The predicted molar refractivity (Wildman–Crippen MR) is 94.2 cm³/mol. The van der Waals surface area contributed by atoms with E-state index in [1.54, 1.807) is 12.0 Å². The van der Waals surface area contributed by atoms with Crippen LogP contribution in [0, 0.1) is 5.92 Å². The lowest BCUT2D eigenvalue weighted by atomic mass is 9.97. The number of primary amides is 1. The van der Waals surface area contributed by atoms with Crippen LogP contribution in [0.1, 0.15) is 38.7 Å². The minimum atomic E-state index is -0.668. The van der Waals surface area contributed by atoms with Crippen molar-refractivity contribution in [1.29, 1.82) is 0 Å². The van der Waals surface area contributed by atoms with Crippen molar-refractivity contribution in [2.24, 2.45) is 11.7 Å². The molecule has 0 saturated carbocycles. The Bertz CT molecular complexity index is 603. The summed E-state index contributed by atoms with van der Waals surface area (Å²) in [6.07, 6.45) is 3.63. The molecule has 0 radical (unpaired) electrons. The van der Waals surface area contributed by atoms with Gasteiger partial charge in [0.05, 0.1) is 7.11 Å². The van der Waals surface area contributed by atoms with Gasteiger partial charge in [0.1, 0.15) is 11.8 Å². The molecule has 1 aliphatic rings. The Morgan fingerprint density at radius 2 is 2.12 bits per heavy atom. The first kappa shape index (κ1) is 18.1. The average Bonchev–Trinajstić information content (AvgIpc) is 2.79. The Kier molecular flexibility index (Phi) is 6.06. The maximum Gasteiger partial charge on any atom is 0.312 e. The van der Waals surface area contributed by atoms with Crippen molar-refractivity contribution in [3.05, 3.63) is 23.8 Å². The lowest BCUT2D eigenvalue weighted by Gasteiger charge is -2.30. The van der Waals surface area contributed by atoms with Gasteiger partial charge in [-0.15, -0.1) is 0 Å². The van der Waals surface area contributed by atoms with E-state index >= 15 is 0 Å². The number of fused-ring (bicyclic) bond motifs is 1. The lowest BCUT2D eigenvalue weighted by Crippen LogP contribution is -2.53. The number of anilines is 1. The van der Waals surface area contributed by atoms with E-state index in [-0.39, 0.29) is 11.8 Å². The van der Waals surface area contributed by atoms with Crippen molar-refractivity contribution >= 4 is 17.6 Å². The van der Waals surface area contributed by atoms with E-state index < -0.39 is 12.1 Å². The highest BCUT2D eigenvalue weighted by atomic mass is 16.5. The number of aryl methyl sites for hydroxylation is 1. The first-order chi connectivity index (χ1) is 11.5. The molecular formula is C18H27N3O3. The second-order valence-electron chi connectivity index (χ2n) is 6.31. The first-order valence-corrected chi connectivity index (χ1v) is 8.52. The summed E-state index contributed by atoms with van der Waals surface area (Å²) in [6.45, 7) is 4.59. The molecule has 0 aliphatic carbocycles. The quantitative estimate of drug-likeness (QED) is 0.868. The second-order valence-corrected chi connectivity index (χ2v) is 6.31. The number of urea groups is 1. The first-order valence-electron chi connectivity index (χ1n) is 8.52. The molecule has 0 fully saturated rings. The molecule has 3 N–H and O–H groups in total. The number of amides is 3. The fraction of sp³-hybridized carbons (Fsp3) is 0.556. The van der Waals surface area contributed by atoms with Crippen LogP contribution in [0.15, 0.2) is 18.2 Å². The van der Waals surface area contributed by atoms with Crippen LogP contribution >= 0.6 is 0 Å². The number of benzene rings is 1. The van der Waals surface area contributed by atoms with Gasteiger partial charge in [-0.1, -0.05) is 20.3 Å². The molecule has 132 valence electrons. The van der Waals surface area contributed by atoms with E-state index in [4.69, 9.17) is 10.5 Å². The summed E-state index contributed by atoms with van der Waals surface area (Å²) in [6, 6.07) is 4.50. The number of methoxy groups -OCH3 is 1. The third-order valence-electron chi connectivity index (χ3n) is 4.70. The van der Waals surface area contributed by atoms with Gasteiger partial charge >= 0.3 is 6.03 Å². The van der Waals surface area contributed by atoms with Crippen molar-refractivity contribution in [3.63, 3.8) is 0 Å². The standard InChI is InChI=1S/C18H27N3O3/c1-4-12(2)16(20-18(19)23)17(22)21-10-6-5-7-13-11-14(24-3)8-9-15(13)21/h8-9,11-12,16H,4-7,10H2,1-3H3,(H3,19,20,23)/t12-,16+/m0/s1. The summed E-state index contributed by atoms with van der Waals surface area (Å²) in [7, 11) is 1.64. The summed E-state index contributed by atoms with van der Waals surface area (Å²) in [5, 5.41) is 2.62. The molecule has 1 aromatic rings. The number of nitrogens with two attached hydrogens (primary N) is 1. The highest BCUT2D eigenvalue weighted by Gasteiger charge is 2.31. The summed E-state index contributed by atoms with van der Waals surface area (Å²) >= 11 is 0. The topological polar surface area (TPSA) is 84.7 Å². The Morgan fingerprint density at radius 1 is 1.38 bits per heavy atom. The Labute approximate surface area is 143 Å². The van der Waals surface area contributed by atoms with E-state index in [0.29, 0.717) is 6.54 Å². The molecule has 24 heavy (non-hydrogen) atoms. The maximum atomic E-state index is 13.1. The van der Waals surface area contributed by atoms with Gasteiger partial charge in [-0.2, -0.15) is 0 Å². The fourth-order valence-electron chi connectivity index (χ4n) is 3.09. The Morgan fingerprint density at radius 3 is 2.75 bits per heavy atom. The van der Waals surface area contributed by atoms with E-state index in [9.17, 15) is 9.59 Å². The van der Waals surface area contributed by atoms with Crippen molar-refractivity contribution in [2.45, 2.75) is 45.6 Å². The molecule has 3 amide bonds. The number of nitrogens with zero attached hydrogens (tertiary/aromatic N) is 1. The molecule has 1 heterocycles. The van der Waals surface area contributed by atoms with Crippen LogP contribution in [0.2, 0.25) is 0 Å². The fourth-order valence-corrected chi connectivity index (χ4v) is 3.09. The second kappa shape index (κ2) is 8.04. The third-order valence-corrected chi connectivity index (χ3v) is 4.70. The van der Waals surface area contributed by atoms with E-state index in [2.05, 4.69) is 5.32 Å². The highest BCUT2D eigenvalue weighted by molar-refractivity contribution is 5.99. The van der Waals surface area contributed by atoms with Gasteiger partial charge in [0.15, 0.2) is 0 Å². The van der Waals surface area contributed by atoms with Crippen LogP contribution in [0.5, 0.6) is 5.75 Å². The minimum absolute atomic E-state index is 0.00921. The molecule has 0 aromatic heterocycles. The Hall–Kier alpha value is -2.24. The van der Waals surface area contributed by atoms with Gasteiger partial charge in [0.25, 0.3) is 0 Å². The number of hydrogen-bond acceptors (Lipinski definition) is 3.